The van der Waals surface area contributed by atoms with E-state index in [1.165, 1.54) is 30.8 Å². The van der Waals surface area contributed by atoms with Crippen molar-refractivity contribution in [2.24, 2.45) is 0 Å². The normalized spacial score (nSPS) is 11.8. The van der Waals surface area contributed by atoms with E-state index in [9.17, 15) is 13.5 Å². The highest BCUT2D eigenvalue weighted by Crippen LogP contribution is 2.42. The van der Waals surface area contributed by atoms with Crippen LogP contribution in [0.2, 0.25) is 0 Å². The molecule has 4 rings (SSSR count). The van der Waals surface area contributed by atoms with Gasteiger partial charge in [-0.05, 0) is 29.3 Å². The summed E-state index contributed by atoms with van der Waals surface area (Å²) in [6, 6.07) is 10.1. The molecule has 0 amide bonds. The number of phenolic OH excluding ortho intramolecular Hbond substituents is 1. The highest BCUT2D eigenvalue weighted by molar-refractivity contribution is 7.99. The molecule has 0 atom stereocenters. The molecule has 2 heterocycles. The molecule has 30 heavy (non-hydrogen) atoms. The monoisotopic (exact) mass is 464 g/mol. The van der Waals surface area contributed by atoms with Crippen LogP contribution in [0.4, 0.5) is 5.69 Å². The molecule has 2 aromatic carbocycles. The summed E-state index contributed by atoms with van der Waals surface area (Å²) in [4.78, 5) is 14.6. The number of aromatic hydroxyl groups is 1. The lowest BCUT2D eigenvalue weighted by Gasteiger charge is -2.14. The number of fused-ring (bicyclic) bond motifs is 1. The van der Waals surface area contributed by atoms with Gasteiger partial charge in [0.05, 0.1) is 22.6 Å². The molecule has 0 saturated carbocycles. The van der Waals surface area contributed by atoms with Crippen molar-refractivity contribution >= 4 is 49.6 Å². The first kappa shape index (κ1) is 20.6. The molecular weight excluding hydrogens is 448 g/mol. The maximum Gasteiger partial charge on any atom is 0.263 e. The van der Waals surface area contributed by atoms with E-state index in [1.54, 1.807) is 35.7 Å². The second kappa shape index (κ2) is 8.62. The average Bonchev–Trinajstić information content (AvgIpc) is 3.42. The van der Waals surface area contributed by atoms with Gasteiger partial charge in [-0.2, -0.15) is 5.10 Å². The van der Waals surface area contributed by atoms with Crippen LogP contribution < -0.4 is 4.72 Å². The van der Waals surface area contributed by atoms with E-state index in [2.05, 4.69) is 24.8 Å². The zero-order chi connectivity index (χ0) is 21.1. The fourth-order valence-electron chi connectivity index (χ4n) is 2.83. The van der Waals surface area contributed by atoms with Crippen LogP contribution in [0.3, 0.4) is 0 Å². The van der Waals surface area contributed by atoms with Crippen LogP contribution in [0, 0.1) is 0 Å². The van der Waals surface area contributed by atoms with E-state index in [-0.39, 0.29) is 17.3 Å². The summed E-state index contributed by atoms with van der Waals surface area (Å²) in [5, 5.41) is 20.4. The van der Waals surface area contributed by atoms with Crippen molar-refractivity contribution in [3.05, 3.63) is 53.0 Å². The van der Waals surface area contributed by atoms with E-state index in [0.717, 1.165) is 11.8 Å². The van der Waals surface area contributed by atoms with Gasteiger partial charge in [-0.3, -0.25) is 9.82 Å². The molecule has 0 spiro atoms. The van der Waals surface area contributed by atoms with Crippen LogP contribution in [0.15, 0.2) is 63.1 Å². The number of anilines is 1. The second-order valence-electron chi connectivity index (χ2n) is 5.95. The predicted octanol–water partition coefficient (Wildman–Crippen LogP) is 3.76. The van der Waals surface area contributed by atoms with Crippen LogP contribution in [0.25, 0.3) is 10.8 Å². The number of rotatable bonds is 8. The summed E-state index contributed by atoms with van der Waals surface area (Å²) >= 11 is 2.39. The highest BCUT2D eigenvalue weighted by Gasteiger charge is 2.23. The van der Waals surface area contributed by atoms with Crippen molar-refractivity contribution in [2.75, 3.05) is 11.8 Å². The maximum absolute atomic E-state index is 13.1. The van der Waals surface area contributed by atoms with Gasteiger partial charge in [-0.25, -0.2) is 23.2 Å². The zero-order valence-electron chi connectivity index (χ0n) is 15.5. The molecule has 0 aliphatic carbocycles. The van der Waals surface area contributed by atoms with E-state index in [0.29, 0.717) is 31.4 Å². The largest absolute Gasteiger partial charge is 0.506 e. The summed E-state index contributed by atoms with van der Waals surface area (Å²) < 4.78 is 28.8. The maximum atomic E-state index is 13.1. The minimum atomic E-state index is -3.92. The first-order valence-corrected chi connectivity index (χ1v) is 11.7. The van der Waals surface area contributed by atoms with E-state index >= 15 is 0 Å². The average molecular weight is 465 g/mol. The fraction of sp³-hybridized carbons (Fsp3) is 0.111. The Labute approximate surface area is 180 Å². The predicted molar refractivity (Wildman–Crippen MR) is 113 cm³/mol. The Hall–Kier alpha value is -2.64. The van der Waals surface area contributed by atoms with Gasteiger partial charge in [-0.15, -0.1) is 11.3 Å². The molecule has 9 nitrogen and oxygen atoms in total. The van der Waals surface area contributed by atoms with Crippen LogP contribution in [0.5, 0.6) is 5.75 Å². The number of thiophene rings is 1. The fourth-order valence-corrected chi connectivity index (χ4v) is 6.02. The first-order valence-electron chi connectivity index (χ1n) is 8.52. The van der Waals surface area contributed by atoms with Crippen LogP contribution in [0.1, 0.15) is 4.88 Å². The molecule has 4 aromatic rings. The van der Waals surface area contributed by atoms with Gasteiger partial charge in [0.25, 0.3) is 10.0 Å². The summed E-state index contributed by atoms with van der Waals surface area (Å²) in [5.41, 5.74) is 0.329. The van der Waals surface area contributed by atoms with Crippen LogP contribution in [-0.2, 0) is 26.4 Å². The SMILES string of the molecule is COOCc1sccc1S(=O)(=O)Nc1cc(Sc2ncn[nH]2)c(O)c2ccccc12. The number of phenols is 1. The van der Waals surface area contributed by atoms with Gasteiger partial charge in [0.15, 0.2) is 5.16 Å². The molecule has 12 heteroatoms. The number of nitrogens with one attached hydrogen (secondary N) is 2. The summed E-state index contributed by atoms with van der Waals surface area (Å²) in [7, 11) is -2.56. The van der Waals surface area contributed by atoms with Crippen molar-refractivity contribution in [1.29, 1.82) is 0 Å². The van der Waals surface area contributed by atoms with Gasteiger partial charge in [-0.1, -0.05) is 24.3 Å². The van der Waals surface area contributed by atoms with Gasteiger partial charge in [0.2, 0.25) is 0 Å². The number of H-pyrrole nitrogens is 1. The van der Waals surface area contributed by atoms with Crippen molar-refractivity contribution in [2.45, 2.75) is 21.6 Å². The minimum Gasteiger partial charge on any atom is -0.506 e. The number of hydrogen-bond acceptors (Lipinski definition) is 9. The molecular formula is C18H16N4O5S3. The van der Waals surface area contributed by atoms with Crippen LogP contribution >= 0.6 is 23.1 Å². The van der Waals surface area contributed by atoms with Crippen LogP contribution in [-0.4, -0.2) is 35.8 Å². The van der Waals surface area contributed by atoms with Crippen molar-refractivity contribution in [1.82, 2.24) is 15.2 Å². The summed E-state index contributed by atoms with van der Waals surface area (Å²) in [6.07, 6.45) is 1.35. The number of aromatic amines is 1. The smallest absolute Gasteiger partial charge is 0.263 e. The van der Waals surface area contributed by atoms with Gasteiger partial charge in [0, 0.05) is 10.8 Å². The molecule has 156 valence electrons. The lowest BCUT2D eigenvalue weighted by molar-refractivity contribution is -0.282. The molecule has 0 aliphatic rings. The summed E-state index contributed by atoms with van der Waals surface area (Å²) in [6.45, 7) is 0.00727. The Kier molecular flexibility index (Phi) is 5.92. The zero-order valence-corrected chi connectivity index (χ0v) is 18.0. The van der Waals surface area contributed by atoms with Crippen molar-refractivity contribution in [3.8, 4) is 5.75 Å². The Bertz CT molecular complexity index is 1270. The lowest BCUT2D eigenvalue weighted by atomic mass is 10.1. The number of nitrogens with zero attached hydrogens (tertiary/aromatic N) is 2. The standard InChI is InChI=1S/C18H16N4O5S3/c1-26-27-9-15-16(6-7-28-15)30(24,25)22-13-8-14(29-18-19-10-20-21-18)17(23)12-5-3-2-4-11(12)13/h2-8,10,22-23H,9H2,1H3,(H,19,20,21). The Morgan fingerprint density at radius 2 is 2.07 bits per heavy atom. The van der Waals surface area contributed by atoms with E-state index < -0.39 is 10.0 Å². The summed E-state index contributed by atoms with van der Waals surface area (Å²) in [5.74, 6) is 0.0275. The molecule has 0 saturated heterocycles. The third-order valence-electron chi connectivity index (χ3n) is 4.13. The minimum absolute atomic E-state index is 0.00727. The Balaban J connectivity index is 1.76. The molecule has 0 unspecified atom stereocenters. The molecule has 0 radical (unpaired) electrons. The molecule has 0 aliphatic heterocycles. The van der Waals surface area contributed by atoms with E-state index in [4.69, 9.17) is 4.89 Å². The Morgan fingerprint density at radius 1 is 1.27 bits per heavy atom. The van der Waals surface area contributed by atoms with Crippen molar-refractivity contribution in [3.63, 3.8) is 0 Å². The van der Waals surface area contributed by atoms with Gasteiger partial charge < -0.3 is 5.11 Å². The third kappa shape index (κ3) is 4.13. The molecule has 0 bridgehead atoms. The molecule has 2 aromatic heterocycles. The van der Waals surface area contributed by atoms with Crippen molar-refractivity contribution < 1.29 is 23.3 Å². The lowest BCUT2D eigenvalue weighted by Crippen LogP contribution is -2.14. The quantitative estimate of drug-likeness (QED) is 0.204. The molecule has 3 N–H and O–H groups in total. The van der Waals surface area contributed by atoms with Gasteiger partial charge >= 0.3 is 0 Å². The topological polar surface area (TPSA) is 126 Å². The van der Waals surface area contributed by atoms with E-state index in [1.807, 2.05) is 0 Å². The molecule has 0 fully saturated rings. The Morgan fingerprint density at radius 3 is 2.80 bits per heavy atom. The number of sulfonamides is 1. The number of benzene rings is 2. The first-order chi connectivity index (χ1) is 14.5. The number of aromatic nitrogens is 3. The number of hydrogen-bond donors (Lipinski definition) is 3. The third-order valence-corrected chi connectivity index (χ3v) is 7.52. The van der Waals surface area contributed by atoms with Gasteiger partial charge in [0.1, 0.15) is 23.6 Å². The highest BCUT2D eigenvalue weighted by atomic mass is 32.2. The second-order valence-corrected chi connectivity index (χ2v) is 9.63.